The Labute approximate surface area is 137 Å². The molecule has 24 heavy (non-hydrogen) atoms. The molecule has 3 aromatic heterocycles. The minimum Gasteiger partial charge on any atom is -0.493 e. The lowest BCUT2D eigenvalue weighted by molar-refractivity contribution is 0.415. The van der Waals surface area contributed by atoms with Crippen LogP contribution in [0.3, 0.4) is 0 Å². The van der Waals surface area contributed by atoms with Gasteiger partial charge < -0.3 is 10.5 Å². The standard InChI is InChI=1S/C16H18N6O2/c1-24-12-6-9(7-18-13(12)17)11-8-19-14-15(20-11)22(16(23)21-14)10-4-2-3-5-10/h6-8,10H,2-5H2,1H3,(H2,17,18)(H,19,21,23). The van der Waals surface area contributed by atoms with E-state index < -0.39 is 0 Å². The highest BCUT2D eigenvalue weighted by Crippen LogP contribution is 2.31. The summed E-state index contributed by atoms with van der Waals surface area (Å²) in [5.74, 6) is 0.802. The highest BCUT2D eigenvalue weighted by atomic mass is 16.5. The van der Waals surface area contributed by atoms with Crippen molar-refractivity contribution in [3.8, 4) is 17.0 Å². The minimum atomic E-state index is -0.151. The predicted molar refractivity (Wildman–Crippen MR) is 89.8 cm³/mol. The van der Waals surface area contributed by atoms with Crippen molar-refractivity contribution in [2.75, 3.05) is 12.8 Å². The van der Waals surface area contributed by atoms with Crippen LogP contribution in [0.4, 0.5) is 5.82 Å². The fourth-order valence-electron chi connectivity index (χ4n) is 3.29. The van der Waals surface area contributed by atoms with Crippen molar-refractivity contribution in [1.82, 2.24) is 24.5 Å². The fraction of sp³-hybridized carbons (Fsp3) is 0.375. The number of pyridine rings is 1. The lowest BCUT2D eigenvalue weighted by Gasteiger charge is -2.11. The third-order valence-corrected chi connectivity index (χ3v) is 4.51. The van der Waals surface area contributed by atoms with Crippen molar-refractivity contribution in [3.05, 3.63) is 28.9 Å². The number of fused-ring (bicyclic) bond motifs is 1. The summed E-state index contributed by atoms with van der Waals surface area (Å²) < 4.78 is 6.94. The molecule has 1 aliphatic rings. The van der Waals surface area contributed by atoms with Crippen LogP contribution in [-0.4, -0.2) is 31.6 Å². The lowest BCUT2D eigenvalue weighted by atomic mass is 10.2. The number of anilines is 1. The first-order valence-corrected chi connectivity index (χ1v) is 7.94. The summed E-state index contributed by atoms with van der Waals surface area (Å²) in [6.07, 6.45) is 7.50. The van der Waals surface area contributed by atoms with Gasteiger partial charge >= 0.3 is 5.69 Å². The van der Waals surface area contributed by atoms with Crippen molar-refractivity contribution < 1.29 is 4.74 Å². The van der Waals surface area contributed by atoms with Crippen molar-refractivity contribution in [1.29, 1.82) is 0 Å². The van der Waals surface area contributed by atoms with Gasteiger partial charge in [-0.2, -0.15) is 0 Å². The molecular weight excluding hydrogens is 308 g/mol. The molecule has 0 spiro atoms. The topological polar surface area (TPSA) is 112 Å². The maximum atomic E-state index is 12.3. The SMILES string of the molecule is COc1cc(-c2cnc3[nH]c(=O)n(C4CCCC4)c3n2)cnc1N. The smallest absolute Gasteiger partial charge is 0.329 e. The number of nitrogens with one attached hydrogen (secondary N) is 1. The Bertz CT molecular complexity index is 955. The molecule has 0 unspecified atom stereocenters. The summed E-state index contributed by atoms with van der Waals surface area (Å²) in [4.78, 5) is 28.2. The first kappa shape index (κ1) is 14.7. The van der Waals surface area contributed by atoms with Crippen LogP contribution in [0.25, 0.3) is 22.6 Å². The molecule has 0 aliphatic heterocycles. The van der Waals surface area contributed by atoms with E-state index >= 15 is 0 Å². The molecule has 1 fully saturated rings. The van der Waals surface area contributed by atoms with Gasteiger partial charge in [0.15, 0.2) is 22.9 Å². The Morgan fingerprint density at radius 1 is 1.29 bits per heavy atom. The molecule has 0 bridgehead atoms. The predicted octanol–water partition coefficient (Wildman–Crippen LogP) is 1.89. The number of imidazole rings is 1. The Kier molecular flexibility index (Phi) is 3.44. The van der Waals surface area contributed by atoms with Gasteiger partial charge in [-0.15, -0.1) is 0 Å². The molecular formula is C16H18N6O2. The number of ether oxygens (including phenoxy) is 1. The van der Waals surface area contributed by atoms with E-state index in [0.717, 1.165) is 31.2 Å². The molecule has 124 valence electrons. The average molecular weight is 326 g/mol. The number of aromatic nitrogens is 5. The van der Waals surface area contributed by atoms with E-state index in [4.69, 9.17) is 10.5 Å². The van der Waals surface area contributed by atoms with Gasteiger partial charge in [-0.05, 0) is 18.9 Å². The number of nitrogens with two attached hydrogens (primary N) is 1. The summed E-state index contributed by atoms with van der Waals surface area (Å²) in [7, 11) is 1.54. The third kappa shape index (κ3) is 2.31. The van der Waals surface area contributed by atoms with Gasteiger partial charge in [0.2, 0.25) is 0 Å². The van der Waals surface area contributed by atoms with Crippen molar-refractivity contribution in [3.63, 3.8) is 0 Å². The average Bonchev–Trinajstić information content (AvgIpc) is 3.21. The molecule has 1 aliphatic carbocycles. The van der Waals surface area contributed by atoms with Crippen LogP contribution < -0.4 is 16.2 Å². The number of aromatic amines is 1. The van der Waals surface area contributed by atoms with Gasteiger partial charge in [-0.1, -0.05) is 12.8 Å². The summed E-state index contributed by atoms with van der Waals surface area (Å²) in [5.41, 5.74) is 8.06. The number of methoxy groups -OCH3 is 1. The molecule has 3 aromatic rings. The molecule has 3 N–H and O–H groups in total. The van der Waals surface area contributed by atoms with Crippen molar-refractivity contribution in [2.45, 2.75) is 31.7 Å². The van der Waals surface area contributed by atoms with Gasteiger partial charge in [0.25, 0.3) is 0 Å². The Hall–Kier alpha value is -2.90. The summed E-state index contributed by atoms with van der Waals surface area (Å²) in [5, 5.41) is 0. The van der Waals surface area contributed by atoms with Gasteiger partial charge in [0.05, 0.1) is 19.0 Å². The van der Waals surface area contributed by atoms with Crippen LogP contribution in [0.1, 0.15) is 31.7 Å². The molecule has 0 radical (unpaired) electrons. The fourth-order valence-corrected chi connectivity index (χ4v) is 3.29. The molecule has 8 heteroatoms. The van der Waals surface area contributed by atoms with E-state index in [9.17, 15) is 4.79 Å². The van der Waals surface area contributed by atoms with E-state index in [1.165, 1.54) is 7.11 Å². The van der Waals surface area contributed by atoms with Crippen molar-refractivity contribution >= 4 is 17.1 Å². The zero-order chi connectivity index (χ0) is 16.7. The van der Waals surface area contributed by atoms with Crippen LogP contribution in [-0.2, 0) is 0 Å². The van der Waals surface area contributed by atoms with Crippen LogP contribution >= 0.6 is 0 Å². The van der Waals surface area contributed by atoms with E-state index in [1.54, 1.807) is 23.0 Å². The number of nitrogens with zero attached hydrogens (tertiary/aromatic N) is 4. The quantitative estimate of drug-likeness (QED) is 0.760. The second kappa shape index (κ2) is 5.63. The molecule has 0 aromatic carbocycles. The third-order valence-electron chi connectivity index (χ3n) is 4.51. The lowest BCUT2D eigenvalue weighted by Crippen LogP contribution is -2.20. The number of H-pyrrole nitrogens is 1. The molecule has 4 rings (SSSR count). The summed E-state index contributed by atoms with van der Waals surface area (Å²) in [6.45, 7) is 0. The zero-order valence-electron chi connectivity index (χ0n) is 13.3. The van der Waals surface area contributed by atoms with Crippen LogP contribution in [0, 0.1) is 0 Å². The maximum Gasteiger partial charge on any atom is 0.329 e. The normalized spacial score (nSPS) is 15.2. The van der Waals surface area contributed by atoms with Gasteiger partial charge in [0.1, 0.15) is 0 Å². The van der Waals surface area contributed by atoms with E-state index in [2.05, 4.69) is 19.9 Å². The van der Waals surface area contributed by atoms with E-state index in [0.29, 0.717) is 28.6 Å². The molecule has 1 saturated carbocycles. The molecule has 8 nitrogen and oxygen atoms in total. The Morgan fingerprint density at radius 2 is 2.08 bits per heavy atom. The number of hydrogen-bond donors (Lipinski definition) is 2. The van der Waals surface area contributed by atoms with Crippen LogP contribution in [0.2, 0.25) is 0 Å². The largest absolute Gasteiger partial charge is 0.493 e. The Morgan fingerprint density at radius 3 is 2.83 bits per heavy atom. The molecule has 0 amide bonds. The van der Waals surface area contributed by atoms with Crippen molar-refractivity contribution in [2.24, 2.45) is 0 Å². The second-order valence-electron chi connectivity index (χ2n) is 5.98. The minimum absolute atomic E-state index is 0.151. The number of rotatable bonds is 3. The van der Waals surface area contributed by atoms with Crippen LogP contribution in [0.5, 0.6) is 5.75 Å². The van der Waals surface area contributed by atoms with Gasteiger partial charge in [-0.25, -0.2) is 19.7 Å². The summed E-state index contributed by atoms with van der Waals surface area (Å²) >= 11 is 0. The monoisotopic (exact) mass is 326 g/mol. The number of nitrogen functional groups attached to an aromatic ring is 1. The molecule has 0 atom stereocenters. The van der Waals surface area contributed by atoms with Gasteiger partial charge in [0, 0.05) is 17.8 Å². The Balaban J connectivity index is 1.86. The highest BCUT2D eigenvalue weighted by Gasteiger charge is 2.22. The van der Waals surface area contributed by atoms with E-state index in [-0.39, 0.29) is 11.7 Å². The van der Waals surface area contributed by atoms with Gasteiger partial charge in [-0.3, -0.25) is 9.55 Å². The van der Waals surface area contributed by atoms with Crippen LogP contribution in [0.15, 0.2) is 23.3 Å². The number of hydrogen-bond acceptors (Lipinski definition) is 6. The summed E-state index contributed by atoms with van der Waals surface area (Å²) in [6, 6.07) is 1.96. The first-order valence-electron chi connectivity index (χ1n) is 7.94. The van der Waals surface area contributed by atoms with E-state index in [1.807, 2.05) is 0 Å². The highest BCUT2D eigenvalue weighted by molar-refractivity contribution is 5.72. The molecule has 0 saturated heterocycles. The second-order valence-corrected chi connectivity index (χ2v) is 5.98. The zero-order valence-corrected chi connectivity index (χ0v) is 13.3. The maximum absolute atomic E-state index is 12.3. The first-order chi connectivity index (χ1) is 11.7. The molecule has 3 heterocycles.